The van der Waals surface area contributed by atoms with Gasteiger partial charge in [-0.2, -0.15) is 0 Å². The van der Waals surface area contributed by atoms with Crippen LogP contribution in [0.3, 0.4) is 0 Å². The van der Waals surface area contributed by atoms with E-state index >= 15 is 0 Å². The first kappa shape index (κ1) is 33.5. The van der Waals surface area contributed by atoms with Gasteiger partial charge >= 0.3 is 0 Å². The van der Waals surface area contributed by atoms with Crippen LogP contribution in [0.25, 0.3) is 0 Å². The second-order valence-electron chi connectivity index (χ2n) is 7.20. The number of nitrogens with two attached hydrogens (primary N) is 1. The maximum atomic E-state index is 12.0. The van der Waals surface area contributed by atoms with Crippen molar-refractivity contribution >= 4 is 5.91 Å². The molecule has 0 aliphatic carbocycles. The van der Waals surface area contributed by atoms with Gasteiger partial charge in [0, 0.05) is 25.8 Å². The van der Waals surface area contributed by atoms with Crippen LogP contribution in [0.1, 0.15) is 24.0 Å². The Morgan fingerprint density at radius 2 is 1.26 bits per heavy atom. The minimum atomic E-state index is 0. The lowest BCUT2D eigenvalue weighted by atomic mass is 10.1. The van der Waals surface area contributed by atoms with E-state index in [1.54, 1.807) is 28.4 Å². The van der Waals surface area contributed by atoms with Crippen LogP contribution in [0.2, 0.25) is 0 Å². The van der Waals surface area contributed by atoms with Gasteiger partial charge in [0.15, 0.2) is 23.0 Å². The van der Waals surface area contributed by atoms with Gasteiger partial charge in [-0.25, -0.2) is 0 Å². The highest BCUT2D eigenvalue weighted by atomic mass is 35.5. The number of amides is 1. The zero-order chi connectivity index (χ0) is 22.5. The molecule has 0 unspecified atom stereocenters. The number of hydrogen-bond donors (Lipinski definition) is 2. The molecule has 0 aliphatic heterocycles. The summed E-state index contributed by atoms with van der Waals surface area (Å²) < 4.78 is 21.2. The molecule has 0 saturated carbocycles. The summed E-state index contributed by atoms with van der Waals surface area (Å²) in [5.74, 6) is 3.00. The number of benzene rings is 2. The summed E-state index contributed by atoms with van der Waals surface area (Å²) in [4.78, 5) is 12.0. The van der Waals surface area contributed by atoms with Crippen molar-refractivity contribution in [2.24, 2.45) is 0 Å². The molecular formula is C24H39ClN2O7. The fraction of sp³-hybridized carbons (Fsp3) is 0.458. The summed E-state index contributed by atoms with van der Waals surface area (Å²) in [5, 5.41) is 5.23. The van der Waals surface area contributed by atoms with Crippen LogP contribution in [0.4, 0.5) is 0 Å². The smallest absolute Gasteiger partial charge is 0.220 e. The SMILES string of the molecule is COc1ccc(CCNC(=O)CCC[NH2+]CCc2ccc(OC)c(OC)c2)cc1OC.O.O.[Cl-]. The molecule has 2 aromatic carbocycles. The van der Waals surface area contributed by atoms with Crippen molar-refractivity contribution in [3.63, 3.8) is 0 Å². The summed E-state index contributed by atoms with van der Waals surface area (Å²) in [5.41, 5.74) is 2.31. The molecule has 0 aliphatic rings. The van der Waals surface area contributed by atoms with Gasteiger partial charge in [-0.1, -0.05) is 12.1 Å². The third-order valence-electron chi connectivity index (χ3n) is 5.08. The summed E-state index contributed by atoms with van der Waals surface area (Å²) >= 11 is 0. The summed E-state index contributed by atoms with van der Waals surface area (Å²) in [7, 11) is 6.52. The van der Waals surface area contributed by atoms with E-state index in [1.165, 1.54) is 5.56 Å². The number of carbonyl (C=O) groups is 1. The molecule has 194 valence electrons. The van der Waals surface area contributed by atoms with Gasteiger partial charge in [-0.15, -0.1) is 0 Å². The van der Waals surface area contributed by atoms with Crippen LogP contribution in [0, 0.1) is 0 Å². The molecule has 0 atom stereocenters. The first-order chi connectivity index (χ1) is 15.1. The molecule has 10 heteroatoms. The highest BCUT2D eigenvalue weighted by molar-refractivity contribution is 5.75. The van der Waals surface area contributed by atoms with Crippen molar-refractivity contribution < 1.29 is 52.4 Å². The summed E-state index contributed by atoms with van der Waals surface area (Å²) in [6.07, 6.45) is 3.09. The second-order valence-corrected chi connectivity index (χ2v) is 7.20. The number of hydrogen-bond acceptors (Lipinski definition) is 5. The molecule has 0 heterocycles. The van der Waals surface area contributed by atoms with E-state index < -0.39 is 0 Å². The normalized spacial score (nSPS) is 9.53. The van der Waals surface area contributed by atoms with Gasteiger partial charge in [0.05, 0.1) is 41.5 Å². The van der Waals surface area contributed by atoms with Crippen LogP contribution in [0.15, 0.2) is 36.4 Å². The van der Waals surface area contributed by atoms with E-state index in [0.29, 0.717) is 24.5 Å². The molecule has 0 spiro atoms. The van der Waals surface area contributed by atoms with Crippen LogP contribution in [-0.2, 0) is 17.6 Å². The van der Waals surface area contributed by atoms with Crippen molar-refractivity contribution in [1.82, 2.24) is 5.32 Å². The number of ether oxygens (including phenoxy) is 4. The van der Waals surface area contributed by atoms with Crippen LogP contribution >= 0.6 is 0 Å². The average Bonchev–Trinajstić information content (AvgIpc) is 2.80. The Hall–Kier alpha value is -2.72. The van der Waals surface area contributed by atoms with E-state index in [9.17, 15) is 4.79 Å². The number of nitrogens with one attached hydrogen (secondary N) is 1. The number of rotatable bonds is 14. The highest BCUT2D eigenvalue weighted by Gasteiger charge is 2.07. The van der Waals surface area contributed by atoms with Crippen molar-refractivity contribution in [3.8, 4) is 23.0 Å². The number of quaternary nitrogens is 1. The Bertz CT molecular complexity index is 837. The number of methoxy groups -OCH3 is 4. The minimum Gasteiger partial charge on any atom is -1.00 e. The third-order valence-corrected chi connectivity index (χ3v) is 5.08. The highest BCUT2D eigenvalue weighted by Crippen LogP contribution is 2.28. The van der Waals surface area contributed by atoms with E-state index in [1.807, 2.05) is 30.3 Å². The maximum Gasteiger partial charge on any atom is 0.220 e. The molecule has 0 saturated heterocycles. The molecule has 0 radical (unpaired) electrons. The molecule has 2 rings (SSSR count). The van der Waals surface area contributed by atoms with Crippen LogP contribution < -0.4 is 42.0 Å². The standard InChI is InChI=1S/C24H34N2O5.ClH.2H2O/c1-28-20-9-7-18(16-22(20)30-3)11-14-25-13-5-6-24(27)26-15-12-19-8-10-21(29-2)23(17-19)31-4;;;/h7-10,16-17,25H,5-6,11-15H2,1-4H3,(H,26,27);1H;2*1H2. The van der Waals surface area contributed by atoms with Crippen molar-refractivity contribution in [2.75, 3.05) is 48.1 Å². The lowest BCUT2D eigenvalue weighted by Gasteiger charge is -2.10. The Kier molecular flexibility index (Phi) is 18.4. The average molecular weight is 503 g/mol. The zero-order valence-corrected chi connectivity index (χ0v) is 21.2. The van der Waals surface area contributed by atoms with Crippen molar-refractivity contribution in [3.05, 3.63) is 47.5 Å². The second kappa shape index (κ2) is 18.7. The Labute approximate surface area is 208 Å². The van der Waals surface area contributed by atoms with Gasteiger partial charge in [-0.3, -0.25) is 4.79 Å². The molecule has 9 nitrogen and oxygen atoms in total. The summed E-state index contributed by atoms with van der Waals surface area (Å²) in [6.45, 7) is 2.50. The Morgan fingerprint density at radius 1 is 0.765 bits per heavy atom. The number of carbonyl (C=O) groups excluding carboxylic acids is 1. The molecular weight excluding hydrogens is 464 g/mol. The first-order valence-corrected chi connectivity index (χ1v) is 10.6. The van der Waals surface area contributed by atoms with Crippen molar-refractivity contribution in [1.29, 1.82) is 0 Å². The predicted molar refractivity (Wildman–Crippen MR) is 128 cm³/mol. The summed E-state index contributed by atoms with van der Waals surface area (Å²) in [6, 6.07) is 11.8. The van der Waals surface area contributed by atoms with E-state index in [2.05, 4.69) is 16.7 Å². The Balaban J connectivity index is 0. The van der Waals surface area contributed by atoms with Gasteiger partial charge < -0.3 is 52.9 Å². The van der Waals surface area contributed by atoms with Gasteiger partial charge in [-0.05, 0) is 41.8 Å². The van der Waals surface area contributed by atoms with Gasteiger partial charge in [0.1, 0.15) is 0 Å². The van der Waals surface area contributed by atoms with Crippen molar-refractivity contribution in [2.45, 2.75) is 25.7 Å². The molecule has 0 bridgehead atoms. The van der Waals surface area contributed by atoms with Crippen LogP contribution in [0.5, 0.6) is 23.0 Å². The maximum absolute atomic E-state index is 12.0. The minimum absolute atomic E-state index is 0. The van der Waals surface area contributed by atoms with E-state index in [-0.39, 0.29) is 29.3 Å². The molecule has 2 aromatic rings. The van der Waals surface area contributed by atoms with Gasteiger partial charge in [0.25, 0.3) is 0 Å². The van der Waals surface area contributed by atoms with E-state index in [0.717, 1.165) is 49.4 Å². The first-order valence-electron chi connectivity index (χ1n) is 10.6. The lowest BCUT2D eigenvalue weighted by molar-refractivity contribution is -0.654. The monoisotopic (exact) mass is 502 g/mol. The quantitative estimate of drug-likeness (QED) is 0.270. The number of halogens is 1. The fourth-order valence-corrected chi connectivity index (χ4v) is 3.33. The predicted octanol–water partition coefficient (Wildman–Crippen LogP) is -2.68. The largest absolute Gasteiger partial charge is 1.00 e. The molecule has 34 heavy (non-hydrogen) atoms. The van der Waals surface area contributed by atoms with Gasteiger partial charge in [0.2, 0.25) is 5.91 Å². The topological polar surface area (TPSA) is 146 Å². The molecule has 1 amide bonds. The molecule has 7 N–H and O–H groups in total. The van der Waals surface area contributed by atoms with Crippen LogP contribution in [-0.4, -0.2) is 64.9 Å². The molecule has 0 fully saturated rings. The zero-order valence-electron chi connectivity index (χ0n) is 20.4. The van der Waals surface area contributed by atoms with E-state index in [4.69, 9.17) is 18.9 Å². The lowest BCUT2D eigenvalue weighted by Crippen LogP contribution is -3.00. The third kappa shape index (κ3) is 10.9. The molecule has 0 aromatic heterocycles. The Morgan fingerprint density at radius 3 is 1.76 bits per heavy atom. The fourth-order valence-electron chi connectivity index (χ4n) is 3.33.